The standard InChI is InChI=1S/C14H16BrNO4/c15-10-4-3-5-11(8-10)20-9-13(17)16-7-2-1-6-12(16)14(18)19/h3-5,8,12H,1-2,6-7,9H2,(H,18,19). The summed E-state index contributed by atoms with van der Waals surface area (Å²) in [6, 6.07) is 6.47. The second kappa shape index (κ2) is 6.74. The second-order valence-electron chi connectivity index (χ2n) is 4.68. The summed E-state index contributed by atoms with van der Waals surface area (Å²) in [6.07, 6.45) is 2.19. The molecule has 0 saturated carbocycles. The Kier molecular flexibility index (Phi) is 5.00. The summed E-state index contributed by atoms with van der Waals surface area (Å²) < 4.78 is 6.28. The molecule has 6 heteroatoms. The predicted octanol–water partition coefficient (Wildman–Crippen LogP) is 2.29. The van der Waals surface area contributed by atoms with Crippen LogP contribution in [0.15, 0.2) is 28.7 Å². The molecule has 1 aromatic rings. The highest BCUT2D eigenvalue weighted by Gasteiger charge is 2.31. The van der Waals surface area contributed by atoms with Gasteiger partial charge in [0.25, 0.3) is 5.91 Å². The molecule has 0 spiro atoms. The van der Waals surface area contributed by atoms with E-state index in [1.165, 1.54) is 4.90 Å². The number of carbonyl (C=O) groups excluding carboxylic acids is 1. The molecule has 1 aromatic carbocycles. The molecule has 5 nitrogen and oxygen atoms in total. The smallest absolute Gasteiger partial charge is 0.326 e. The number of amides is 1. The van der Waals surface area contributed by atoms with Gasteiger partial charge in [0.1, 0.15) is 11.8 Å². The van der Waals surface area contributed by atoms with E-state index in [0.717, 1.165) is 17.3 Å². The summed E-state index contributed by atoms with van der Waals surface area (Å²) in [4.78, 5) is 24.7. The molecule has 1 amide bonds. The zero-order chi connectivity index (χ0) is 14.5. The van der Waals surface area contributed by atoms with Crippen LogP contribution in [0.25, 0.3) is 0 Å². The van der Waals surface area contributed by atoms with Crippen molar-refractivity contribution in [2.45, 2.75) is 25.3 Å². The molecule has 1 aliphatic rings. The predicted molar refractivity (Wildman–Crippen MR) is 76.6 cm³/mol. The van der Waals surface area contributed by atoms with Gasteiger partial charge in [0.15, 0.2) is 6.61 Å². The number of carbonyl (C=O) groups is 2. The number of nitrogens with zero attached hydrogens (tertiary/aromatic N) is 1. The number of carboxylic acid groups (broad SMARTS) is 1. The van der Waals surface area contributed by atoms with Crippen molar-refractivity contribution in [1.29, 1.82) is 0 Å². The van der Waals surface area contributed by atoms with Gasteiger partial charge in [0.05, 0.1) is 0 Å². The third-order valence-electron chi connectivity index (χ3n) is 3.27. The third-order valence-corrected chi connectivity index (χ3v) is 3.76. The normalized spacial score (nSPS) is 18.6. The molecule has 0 radical (unpaired) electrons. The number of hydrogen-bond acceptors (Lipinski definition) is 3. The lowest BCUT2D eigenvalue weighted by atomic mass is 10.0. The minimum atomic E-state index is -0.944. The van der Waals surface area contributed by atoms with Crippen molar-refractivity contribution in [2.24, 2.45) is 0 Å². The van der Waals surface area contributed by atoms with Gasteiger partial charge in [-0.05, 0) is 37.5 Å². The highest BCUT2D eigenvalue weighted by atomic mass is 79.9. The van der Waals surface area contributed by atoms with E-state index in [0.29, 0.717) is 18.7 Å². The Morgan fingerprint density at radius 1 is 1.40 bits per heavy atom. The van der Waals surface area contributed by atoms with Crippen molar-refractivity contribution in [2.75, 3.05) is 13.2 Å². The van der Waals surface area contributed by atoms with Crippen molar-refractivity contribution in [3.8, 4) is 5.75 Å². The van der Waals surface area contributed by atoms with Gasteiger partial charge in [-0.3, -0.25) is 4.79 Å². The van der Waals surface area contributed by atoms with Crippen LogP contribution < -0.4 is 4.74 Å². The quantitative estimate of drug-likeness (QED) is 0.912. The Morgan fingerprint density at radius 3 is 2.90 bits per heavy atom. The summed E-state index contributed by atoms with van der Waals surface area (Å²) in [5.41, 5.74) is 0. The van der Waals surface area contributed by atoms with Crippen LogP contribution in [0.4, 0.5) is 0 Å². The van der Waals surface area contributed by atoms with E-state index < -0.39 is 12.0 Å². The van der Waals surface area contributed by atoms with Gasteiger partial charge in [-0.2, -0.15) is 0 Å². The minimum Gasteiger partial charge on any atom is -0.484 e. The molecule has 20 heavy (non-hydrogen) atoms. The maximum absolute atomic E-state index is 12.1. The molecule has 0 aromatic heterocycles. The van der Waals surface area contributed by atoms with Gasteiger partial charge in [0, 0.05) is 11.0 Å². The fourth-order valence-electron chi connectivity index (χ4n) is 2.27. The van der Waals surface area contributed by atoms with Crippen molar-refractivity contribution in [3.05, 3.63) is 28.7 Å². The van der Waals surface area contributed by atoms with E-state index in [-0.39, 0.29) is 12.5 Å². The summed E-state index contributed by atoms with van der Waals surface area (Å²) in [5.74, 6) is -0.644. The van der Waals surface area contributed by atoms with Crippen LogP contribution in [0.5, 0.6) is 5.75 Å². The van der Waals surface area contributed by atoms with Crippen molar-refractivity contribution >= 4 is 27.8 Å². The molecular formula is C14H16BrNO4. The zero-order valence-electron chi connectivity index (χ0n) is 10.9. The first-order valence-electron chi connectivity index (χ1n) is 6.48. The lowest BCUT2D eigenvalue weighted by molar-refractivity contribution is -0.152. The molecule has 1 heterocycles. The van der Waals surface area contributed by atoms with Crippen molar-refractivity contribution in [1.82, 2.24) is 4.90 Å². The molecule has 108 valence electrons. The molecule has 1 N–H and O–H groups in total. The SMILES string of the molecule is O=C(O)C1CCCCN1C(=O)COc1cccc(Br)c1. The number of halogens is 1. The van der Waals surface area contributed by atoms with Crippen LogP contribution in [0.3, 0.4) is 0 Å². The van der Waals surface area contributed by atoms with Crippen molar-refractivity contribution < 1.29 is 19.4 Å². The molecule has 1 aliphatic heterocycles. The minimum absolute atomic E-state index is 0.139. The fourth-order valence-corrected chi connectivity index (χ4v) is 2.65. The number of ether oxygens (including phenoxy) is 1. The molecule has 1 saturated heterocycles. The van der Waals surface area contributed by atoms with Crippen molar-refractivity contribution in [3.63, 3.8) is 0 Å². The summed E-state index contributed by atoms with van der Waals surface area (Å²) in [7, 11) is 0. The highest BCUT2D eigenvalue weighted by Crippen LogP contribution is 2.20. The highest BCUT2D eigenvalue weighted by molar-refractivity contribution is 9.10. The Balaban J connectivity index is 1.95. The van der Waals surface area contributed by atoms with Crippen LogP contribution in [-0.2, 0) is 9.59 Å². The van der Waals surface area contributed by atoms with E-state index in [1.807, 2.05) is 12.1 Å². The van der Waals surface area contributed by atoms with Gasteiger partial charge in [-0.1, -0.05) is 22.0 Å². The van der Waals surface area contributed by atoms with Gasteiger partial charge in [-0.15, -0.1) is 0 Å². The first-order chi connectivity index (χ1) is 9.58. The maximum Gasteiger partial charge on any atom is 0.326 e. The summed E-state index contributed by atoms with van der Waals surface area (Å²) in [5, 5.41) is 9.14. The number of rotatable bonds is 4. The summed E-state index contributed by atoms with van der Waals surface area (Å²) in [6.45, 7) is 0.345. The van der Waals surface area contributed by atoms with E-state index in [2.05, 4.69) is 15.9 Å². The Hall–Kier alpha value is -1.56. The van der Waals surface area contributed by atoms with Gasteiger partial charge in [0.2, 0.25) is 0 Å². The van der Waals surface area contributed by atoms with Crippen LogP contribution in [0, 0.1) is 0 Å². The fraction of sp³-hybridized carbons (Fsp3) is 0.429. The first kappa shape index (κ1) is 14.8. The van der Waals surface area contributed by atoms with E-state index >= 15 is 0 Å². The second-order valence-corrected chi connectivity index (χ2v) is 5.60. The molecular weight excluding hydrogens is 326 g/mol. The number of piperidine rings is 1. The van der Waals surface area contributed by atoms with Crippen LogP contribution in [-0.4, -0.2) is 41.1 Å². The number of benzene rings is 1. The topological polar surface area (TPSA) is 66.8 Å². The number of hydrogen-bond donors (Lipinski definition) is 1. The zero-order valence-corrected chi connectivity index (χ0v) is 12.5. The molecule has 1 fully saturated rings. The summed E-state index contributed by atoms with van der Waals surface area (Å²) >= 11 is 3.32. The monoisotopic (exact) mass is 341 g/mol. The lowest BCUT2D eigenvalue weighted by Gasteiger charge is -2.32. The van der Waals surface area contributed by atoms with Crippen LogP contribution in [0.2, 0.25) is 0 Å². The molecule has 0 aliphatic carbocycles. The van der Waals surface area contributed by atoms with Gasteiger partial charge >= 0.3 is 5.97 Å². The average Bonchev–Trinajstić information content (AvgIpc) is 2.45. The molecule has 2 rings (SSSR count). The number of aliphatic carboxylic acids is 1. The van der Waals surface area contributed by atoms with Gasteiger partial charge in [-0.25, -0.2) is 4.79 Å². The Labute approximate surface area is 125 Å². The number of likely N-dealkylation sites (tertiary alicyclic amines) is 1. The first-order valence-corrected chi connectivity index (χ1v) is 7.28. The molecule has 1 atom stereocenters. The average molecular weight is 342 g/mol. The number of carboxylic acids is 1. The van der Waals surface area contributed by atoms with Crippen LogP contribution in [0.1, 0.15) is 19.3 Å². The lowest BCUT2D eigenvalue weighted by Crippen LogP contribution is -2.49. The van der Waals surface area contributed by atoms with E-state index in [9.17, 15) is 9.59 Å². The maximum atomic E-state index is 12.1. The molecule has 0 bridgehead atoms. The third kappa shape index (κ3) is 3.72. The van der Waals surface area contributed by atoms with E-state index in [4.69, 9.17) is 9.84 Å². The Morgan fingerprint density at radius 2 is 2.20 bits per heavy atom. The van der Waals surface area contributed by atoms with E-state index in [1.54, 1.807) is 12.1 Å². The van der Waals surface area contributed by atoms with Gasteiger partial charge < -0.3 is 14.7 Å². The largest absolute Gasteiger partial charge is 0.484 e. The van der Waals surface area contributed by atoms with Crippen LogP contribution >= 0.6 is 15.9 Å². The Bertz CT molecular complexity index is 506. The molecule has 1 unspecified atom stereocenters.